The van der Waals surface area contributed by atoms with E-state index in [9.17, 15) is 0 Å². The molecule has 4 rings (SSSR count). The lowest BCUT2D eigenvalue weighted by atomic mass is 9.93. The molecule has 0 fully saturated rings. The van der Waals surface area contributed by atoms with E-state index < -0.39 is 0 Å². The molecule has 4 aromatic rings. The molecule has 136 valence electrons. The Bertz CT molecular complexity index is 1050. The SMILES string of the molecule is CC(C)c1cc(-c2cc3cnc(-c4ccccc4)cc3s2)cc(C(C)C)c1. The Hall–Kier alpha value is -2.45. The first kappa shape index (κ1) is 17.9. The highest BCUT2D eigenvalue weighted by Gasteiger charge is 2.12. The van der Waals surface area contributed by atoms with Crippen molar-refractivity contribution in [1.82, 2.24) is 4.98 Å². The van der Waals surface area contributed by atoms with Gasteiger partial charge in [-0.25, -0.2) is 0 Å². The van der Waals surface area contributed by atoms with E-state index >= 15 is 0 Å². The molecule has 0 bridgehead atoms. The minimum atomic E-state index is 0.531. The lowest BCUT2D eigenvalue weighted by Crippen LogP contribution is -1.94. The van der Waals surface area contributed by atoms with Crippen molar-refractivity contribution in [3.8, 4) is 21.7 Å². The van der Waals surface area contributed by atoms with Crippen molar-refractivity contribution in [3.63, 3.8) is 0 Å². The number of benzene rings is 2. The third kappa shape index (κ3) is 3.68. The topological polar surface area (TPSA) is 12.9 Å². The maximum absolute atomic E-state index is 4.68. The number of hydrogen-bond acceptors (Lipinski definition) is 2. The highest BCUT2D eigenvalue weighted by atomic mass is 32.1. The summed E-state index contributed by atoms with van der Waals surface area (Å²) in [7, 11) is 0. The summed E-state index contributed by atoms with van der Waals surface area (Å²) < 4.78 is 1.29. The predicted octanol–water partition coefficient (Wildman–Crippen LogP) is 7.88. The number of thiophene rings is 1. The lowest BCUT2D eigenvalue weighted by Gasteiger charge is -2.13. The van der Waals surface area contributed by atoms with E-state index in [1.54, 1.807) is 0 Å². The Balaban J connectivity index is 1.80. The van der Waals surface area contributed by atoms with Crippen molar-refractivity contribution in [1.29, 1.82) is 0 Å². The molecule has 0 aliphatic rings. The second-order valence-electron chi connectivity index (χ2n) is 7.78. The third-order valence-electron chi connectivity index (χ3n) is 5.07. The largest absolute Gasteiger partial charge is 0.256 e. The van der Waals surface area contributed by atoms with Crippen LogP contribution < -0.4 is 0 Å². The molecule has 0 unspecified atom stereocenters. The normalized spacial score (nSPS) is 11.6. The van der Waals surface area contributed by atoms with Crippen LogP contribution in [0.5, 0.6) is 0 Å². The first-order valence-corrected chi connectivity index (χ1v) is 10.4. The highest BCUT2D eigenvalue weighted by Crippen LogP contribution is 2.37. The second kappa shape index (κ2) is 7.28. The zero-order valence-corrected chi connectivity index (χ0v) is 17.2. The molecule has 27 heavy (non-hydrogen) atoms. The molecular weight excluding hydrogens is 346 g/mol. The van der Waals surface area contributed by atoms with Crippen LogP contribution in [-0.2, 0) is 0 Å². The molecule has 1 nitrogen and oxygen atoms in total. The summed E-state index contributed by atoms with van der Waals surface area (Å²) in [6.45, 7) is 9.07. The van der Waals surface area contributed by atoms with E-state index in [0.717, 1.165) is 5.69 Å². The maximum Gasteiger partial charge on any atom is 0.0716 e. The first-order chi connectivity index (χ1) is 13.0. The minimum Gasteiger partial charge on any atom is -0.256 e. The van der Waals surface area contributed by atoms with Gasteiger partial charge in [0.05, 0.1) is 5.69 Å². The Labute approximate surface area is 165 Å². The molecule has 0 amide bonds. The van der Waals surface area contributed by atoms with Crippen LogP contribution >= 0.6 is 11.3 Å². The summed E-state index contributed by atoms with van der Waals surface area (Å²) in [5.74, 6) is 1.06. The van der Waals surface area contributed by atoms with Gasteiger partial charge in [-0.05, 0) is 40.7 Å². The highest BCUT2D eigenvalue weighted by molar-refractivity contribution is 7.22. The summed E-state index contributed by atoms with van der Waals surface area (Å²) in [6.07, 6.45) is 2.01. The summed E-state index contributed by atoms with van der Waals surface area (Å²) in [5.41, 5.74) is 6.36. The van der Waals surface area contributed by atoms with Crippen molar-refractivity contribution in [2.24, 2.45) is 0 Å². The smallest absolute Gasteiger partial charge is 0.0716 e. The number of fused-ring (bicyclic) bond motifs is 1. The molecule has 0 radical (unpaired) electrons. The van der Waals surface area contributed by atoms with Crippen LogP contribution in [0.15, 0.2) is 66.9 Å². The average Bonchev–Trinajstić information content (AvgIpc) is 3.11. The van der Waals surface area contributed by atoms with Gasteiger partial charge in [0.1, 0.15) is 0 Å². The van der Waals surface area contributed by atoms with E-state index in [0.29, 0.717) is 11.8 Å². The summed E-state index contributed by atoms with van der Waals surface area (Å²) in [4.78, 5) is 6.00. The molecule has 0 atom stereocenters. The summed E-state index contributed by atoms with van der Waals surface area (Å²) >= 11 is 1.86. The van der Waals surface area contributed by atoms with Crippen LogP contribution in [0, 0.1) is 0 Å². The van der Waals surface area contributed by atoms with Gasteiger partial charge < -0.3 is 0 Å². The zero-order valence-electron chi connectivity index (χ0n) is 16.4. The van der Waals surface area contributed by atoms with E-state index in [4.69, 9.17) is 0 Å². The van der Waals surface area contributed by atoms with Crippen LogP contribution in [0.3, 0.4) is 0 Å². The van der Waals surface area contributed by atoms with Crippen LogP contribution in [0.4, 0.5) is 0 Å². The van der Waals surface area contributed by atoms with Crippen molar-refractivity contribution in [3.05, 3.63) is 78.0 Å². The maximum atomic E-state index is 4.68. The Morgan fingerprint density at radius 1 is 0.741 bits per heavy atom. The standard InChI is InChI=1S/C25H25NS/c1-16(2)19-10-20(17(3)4)12-21(11-19)24-13-22-15-26-23(14-25(22)27-24)18-8-6-5-7-9-18/h5-17H,1-4H3. The van der Waals surface area contributed by atoms with Crippen LogP contribution in [0.2, 0.25) is 0 Å². The fourth-order valence-electron chi connectivity index (χ4n) is 3.33. The minimum absolute atomic E-state index is 0.531. The van der Waals surface area contributed by atoms with E-state index in [1.807, 2.05) is 23.6 Å². The van der Waals surface area contributed by atoms with Crippen LogP contribution in [0.1, 0.15) is 50.7 Å². The lowest BCUT2D eigenvalue weighted by molar-refractivity contribution is 0.835. The number of hydrogen-bond donors (Lipinski definition) is 0. The fourth-order valence-corrected chi connectivity index (χ4v) is 4.39. The van der Waals surface area contributed by atoms with Gasteiger partial charge in [0.25, 0.3) is 0 Å². The van der Waals surface area contributed by atoms with Gasteiger partial charge in [0.15, 0.2) is 0 Å². The van der Waals surface area contributed by atoms with Gasteiger partial charge in [-0.3, -0.25) is 4.98 Å². The zero-order chi connectivity index (χ0) is 19.0. The van der Waals surface area contributed by atoms with Crippen LogP contribution in [-0.4, -0.2) is 4.98 Å². The number of pyridine rings is 1. The molecule has 0 spiro atoms. The number of nitrogens with zero attached hydrogens (tertiary/aromatic N) is 1. The van der Waals surface area contributed by atoms with Gasteiger partial charge in [-0.1, -0.05) is 76.2 Å². The average molecular weight is 372 g/mol. The van der Waals surface area contributed by atoms with Gasteiger partial charge in [0, 0.05) is 26.7 Å². The van der Waals surface area contributed by atoms with Crippen molar-refractivity contribution in [2.75, 3.05) is 0 Å². The second-order valence-corrected chi connectivity index (χ2v) is 8.87. The molecule has 0 aliphatic carbocycles. The molecule has 0 saturated carbocycles. The van der Waals surface area contributed by atoms with Gasteiger partial charge >= 0.3 is 0 Å². The molecule has 2 aromatic carbocycles. The molecule has 2 heterocycles. The fraction of sp³-hybridized carbons (Fsp3) is 0.240. The van der Waals surface area contributed by atoms with E-state index in [1.165, 1.54) is 37.2 Å². The number of aromatic nitrogens is 1. The van der Waals surface area contributed by atoms with E-state index in [2.05, 4.69) is 87.3 Å². The Morgan fingerprint density at radius 2 is 1.41 bits per heavy atom. The van der Waals surface area contributed by atoms with Gasteiger partial charge in [-0.15, -0.1) is 11.3 Å². The van der Waals surface area contributed by atoms with Crippen molar-refractivity contribution in [2.45, 2.75) is 39.5 Å². The van der Waals surface area contributed by atoms with Gasteiger partial charge in [0.2, 0.25) is 0 Å². The molecule has 2 heteroatoms. The molecule has 0 aliphatic heterocycles. The molecular formula is C25H25NS. The first-order valence-electron chi connectivity index (χ1n) is 9.61. The summed E-state index contributed by atoms with van der Waals surface area (Å²) in [6, 6.07) is 22.0. The molecule has 0 N–H and O–H groups in total. The van der Waals surface area contributed by atoms with E-state index in [-0.39, 0.29) is 0 Å². The monoisotopic (exact) mass is 371 g/mol. The Morgan fingerprint density at radius 3 is 2.04 bits per heavy atom. The van der Waals surface area contributed by atoms with Crippen LogP contribution in [0.25, 0.3) is 31.8 Å². The number of rotatable bonds is 4. The van der Waals surface area contributed by atoms with Gasteiger partial charge in [-0.2, -0.15) is 0 Å². The van der Waals surface area contributed by atoms with Crippen molar-refractivity contribution >= 4 is 21.4 Å². The summed E-state index contributed by atoms with van der Waals surface area (Å²) in [5, 5.41) is 1.22. The predicted molar refractivity (Wildman–Crippen MR) is 119 cm³/mol. The molecule has 2 aromatic heterocycles. The van der Waals surface area contributed by atoms with Crippen molar-refractivity contribution < 1.29 is 0 Å². The molecule has 0 saturated heterocycles. The quantitative estimate of drug-likeness (QED) is 0.355. The Kier molecular flexibility index (Phi) is 4.84. The third-order valence-corrected chi connectivity index (χ3v) is 6.21.